The minimum atomic E-state index is 0.103. The van der Waals surface area contributed by atoms with Crippen LogP contribution in [0, 0.1) is 0 Å². The van der Waals surface area contributed by atoms with E-state index in [-0.39, 0.29) is 6.61 Å². The lowest BCUT2D eigenvalue weighted by Crippen LogP contribution is -2.17. The van der Waals surface area contributed by atoms with E-state index in [0.717, 1.165) is 5.56 Å². The topological polar surface area (TPSA) is 50.7 Å². The van der Waals surface area contributed by atoms with Crippen molar-refractivity contribution in [2.45, 2.75) is 13.5 Å². The molecule has 0 unspecified atom stereocenters. The first-order valence-corrected chi connectivity index (χ1v) is 5.91. The molecule has 0 bridgehead atoms. The molecule has 0 fully saturated rings. The van der Waals surface area contributed by atoms with Crippen LogP contribution in [0.4, 0.5) is 0 Å². The zero-order valence-corrected chi connectivity index (χ0v) is 10.9. The minimum Gasteiger partial charge on any atom is -0.493 e. The molecule has 0 saturated heterocycles. The molecule has 4 nitrogen and oxygen atoms in total. The predicted octanol–water partition coefficient (Wildman–Crippen LogP) is 1.83. The SMILES string of the molecule is CCOc1cc(CNCCO)c(Cl)cc1OC. The number of benzene rings is 1. The number of aliphatic hydroxyl groups excluding tert-OH is 1. The highest BCUT2D eigenvalue weighted by molar-refractivity contribution is 6.31. The fourth-order valence-corrected chi connectivity index (χ4v) is 1.66. The van der Waals surface area contributed by atoms with Crippen LogP contribution in [-0.2, 0) is 6.54 Å². The van der Waals surface area contributed by atoms with Gasteiger partial charge in [0.05, 0.1) is 20.3 Å². The van der Waals surface area contributed by atoms with Gasteiger partial charge < -0.3 is 19.9 Å². The number of methoxy groups -OCH3 is 1. The normalized spacial score (nSPS) is 10.4. The zero-order chi connectivity index (χ0) is 12.7. The molecular formula is C12H18ClNO3. The van der Waals surface area contributed by atoms with E-state index in [1.807, 2.05) is 13.0 Å². The van der Waals surface area contributed by atoms with E-state index in [9.17, 15) is 0 Å². The van der Waals surface area contributed by atoms with Crippen molar-refractivity contribution in [3.8, 4) is 11.5 Å². The average Bonchev–Trinajstić information content (AvgIpc) is 2.33. The van der Waals surface area contributed by atoms with Gasteiger partial charge in [-0.25, -0.2) is 0 Å². The van der Waals surface area contributed by atoms with Gasteiger partial charge >= 0.3 is 0 Å². The first-order valence-electron chi connectivity index (χ1n) is 5.53. The third-order valence-corrected chi connectivity index (χ3v) is 2.59. The van der Waals surface area contributed by atoms with Crippen molar-refractivity contribution in [1.29, 1.82) is 0 Å². The molecule has 2 N–H and O–H groups in total. The van der Waals surface area contributed by atoms with Crippen LogP contribution in [-0.4, -0.2) is 32.0 Å². The maximum atomic E-state index is 8.69. The Kier molecular flexibility index (Phi) is 6.11. The van der Waals surface area contributed by atoms with Gasteiger partial charge in [-0.15, -0.1) is 0 Å². The van der Waals surface area contributed by atoms with Crippen LogP contribution in [0.5, 0.6) is 11.5 Å². The van der Waals surface area contributed by atoms with Crippen molar-refractivity contribution < 1.29 is 14.6 Å². The molecule has 0 saturated carbocycles. The van der Waals surface area contributed by atoms with Gasteiger partial charge in [-0.05, 0) is 18.6 Å². The molecule has 0 amide bonds. The zero-order valence-electron chi connectivity index (χ0n) is 10.1. The molecule has 1 aromatic rings. The summed E-state index contributed by atoms with van der Waals surface area (Å²) in [5, 5.41) is 12.4. The van der Waals surface area contributed by atoms with E-state index in [4.69, 9.17) is 26.2 Å². The molecule has 0 radical (unpaired) electrons. The number of aliphatic hydroxyl groups is 1. The van der Waals surface area contributed by atoms with Crippen LogP contribution in [0.25, 0.3) is 0 Å². The van der Waals surface area contributed by atoms with E-state index in [2.05, 4.69) is 5.32 Å². The summed E-state index contributed by atoms with van der Waals surface area (Å²) >= 11 is 6.12. The fraction of sp³-hybridized carbons (Fsp3) is 0.500. The average molecular weight is 260 g/mol. The summed E-state index contributed by atoms with van der Waals surface area (Å²) < 4.78 is 10.7. The predicted molar refractivity (Wildman–Crippen MR) is 68.0 cm³/mol. The first kappa shape index (κ1) is 14.1. The Morgan fingerprint density at radius 1 is 1.35 bits per heavy atom. The fourth-order valence-electron chi connectivity index (χ4n) is 1.44. The lowest BCUT2D eigenvalue weighted by molar-refractivity contribution is 0.291. The highest BCUT2D eigenvalue weighted by Gasteiger charge is 2.09. The summed E-state index contributed by atoms with van der Waals surface area (Å²) in [4.78, 5) is 0. The van der Waals surface area contributed by atoms with Crippen molar-refractivity contribution in [2.75, 3.05) is 26.9 Å². The summed E-state index contributed by atoms with van der Waals surface area (Å²) in [6, 6.07) is 3.59. The van der Waals surface area contributed by atoms with Crippen LogP contribution in [0.15, 0.2) is 12.1 Å². The van der Waals surface area contributed by atoms with Crippen molar-refractivity contribution in [3.05, 3.63) is 22.7 Å². The van der Waals surface area contributed by atoms with E-state index in [0.29, 0.717) is 36.2 Å². The number of hydrogen-bond acceptors (Lipinski definition) is 4. The second-order valence-corrected chi connectivity index (χ2v) is 3.84. The lowest BCUT2D eigenvalue weighted by Gasteiger charge is -2.13. The maximum Gasteiger partial charge on any atom is 0.162 e. The van der Waals surface area contributed by atoms with Gasteiger partial charge in [-0.3, -0.25) is 0 Å². The van der Waals surface area contributed by atoms with E-state index in [1.165, 1.54) is 0 Å². The molecule has 1 rings (SSSR count). The van der Waals surface area contributed by atoms with Gasteiger partial charge in [0.15, 0.2) is 11.5 Å². The number of halogens is 1. The van der Waals surface area contributed by atoms with Crippen LogP contribution < -0.4 is 14.8 Å². The van der Waals surface area contributed by atoms with Crippen LogP contribution >= 0.6 is 11.6 Å². The van der Waals surface area contributed by atoms with Crippen LogP contribution in [0.3, 0.4) is 0 Å². The summed E-state index contributed by atoms with van der Waals surface area (Å²) in [6.45, 7) is 3.71. The van der Waals surface area contributed by atoms with Crippen LogP contribution in [0.1, 0.15) is 12.5 Å². The van der Waals surface area contributed by atoms with Gasteiger partial charge in [0.25, 0.3) is 0 Å². The standard InChI is InChI=1S/C12H18ClNO3/c1-3-17-12-6-9(8-14-4-5-15)10(13)7-11(12)16-2/h6-7,14-15H,3-5,8H2,1-2H3. The van der Waals surface area contributed by atoms with E-state index in [1.54, 1.807) is 13.2 Å². The van der Waals surface area contributed by atoms with Crippen molar-refractivity contribution in [3.63, 3.8) is 0 Å². The minimum absolute atomic E-state index is 0.103. The van der Waals surface area contributed by atoms with E-state index >= 15 is 0 Å². The molecule has 96 valence electrons. The highest BCUT2D eigenvalue weighted by atomic mass is 35.5. The molecule has 0 heterocycles. The summed E-state index contributed by atoms with van der Waals surface area (Å²) in [6.07, 6.45) is 0. The number of ether oxygens (including phenoxy) is 2. The van der Waals surface area contributed by atoms with Gasteiger partial charge in [0.2, 0.25) is 0 Å². The monoisotopic (exact) mass is 259 g/mol. The molecule has 0 aliphatic rings. The Hall–Kier alpha value is -0.970. The molecule has 0 atom stereocenters. The second-order valence-electron chi connectivity index (χ2n) is 3.43. The van der Waals surface area contributed by atoms with Crippen molar-refractivity contribution in [1.82, 2.24) is 5.32 Å². The quantitative estimate of drug-likeness (QED) is 0.734. The Labute approximate surface area is 106 Å². The summed E-state index contributed by atoms with van der Waals surface area (Å²) in [5.41, 5.74) is 0.921. The molecule has 0 aromatic heterocycles. The Bertz CT molecular complexity index is 358. The lowest BCUT2D eigenvalue weighted by atomic mass is 10.2. The second kappa shape index (κ2) is 7.37. The Morgan fingerprint density at radius 3 is 2.71 bits per heavy atom. The van der Waals surface area contributed by atoms with Crippen molar-refractivity contribution in [2.24, 2.45) is 0 Å². The van der Waals surface area contributed by atoms with Gasteiger partial charge in [-0.1, -0.05) is 11.6 Å². The largest absolute Gasteiger partial charge is 0.493 e. The van der Waals surface area contributed by atoms with Gasteiger partial charge in [0.1, 0.15) is 0 Å². The Balaban J connectivity index is 2.85. The molecule has 0 aliphatic heterocycles. The molecule has 0 aliphatic carbocycles. The highest BCUT2D eigenvalue weighted by Crippen LogP contribution is 2.33. The maximum absolute atomic E-state index is 8.69. The Morgan fingerprint density at radius 2 is 2.12 bits per heavy atom. The number of hydrogen-bond donors (Lipinski definition) is 2. The molecule has 0 spiro atoms. The molecule has 5 heteroatoms. The third kappa shape index (κ3) is 4.07. The first-order chi connectivity index (χ1) is 8.22. The smallest absolute Gasteiger partial charge is 0.162 e. The number of nitrogens with one attached hydrogen (secondary N) is 1. The summed E-state index contributed by atoms with van der Waals surface area (Å²) in [7, 11) is 1.58. The molecular weight excluding hydrogens is 242 g/mol. The molecule has 17 heavy (non-hydrogen) atoms. The van der Waals surface area contributed by atoms with Crippen molar-refractivity contribution >= 4 is 11.6 Å². The van der Waals surface area contributed by atoms with Crippen LogP contribution in [0.2, 0.25) is 5.02 Å². The summed E-state index contributed by atoms with van der Waals surface area (Å²) in [5.74, 6) is 1.31. The molecule has 1 aromatic carbocycles. The van der Waals surface area contributed by atoms with Gasteiger partial charge in [0, 0.05) is 24.2 Å². The van der Waals surface area contributed by atoms with Gasteiger partial charge in [-0.2, -0.15) is 0 Å². The van der Waals surface area contributed by atoms with E-state index < -0.39 is 0 Å². The number of rotatable bonds is 7. The third-order valence-electron chi connectivity index (χ3n) is 2.24.